The first kappa shape index (κ1) is 12.5. The molecule has 1 aliphatic heterocycles. The normalized spacial score (nSPS) is 31.1. The average Bonchev–Trinajstić information content (AvgIpc) is 3.27. The van der Waals surface area contributed by atoms with Crippen LogP contribution >= 0.6 is 0 Å². The van der Waals surface area contributed by atoms with Crippen LogP contribution in [-0.4, -0.2) is 25.5 Å². The van der Waals surface area contributed by atoms with Gasteiger partial charge in [-0.05, 0) is 62.4 Å². The highest BCUT2D eigenvalue weighted by atomic mass is 16.2. The van der Waals surface area contributed by atoms with E-state index in [1.165, 1.54) is 38.5 Å². The Morgan fingerprint density at radius 1 is 1.28 bits per heavy atom. The largest absolute Gasteiger partial charge is 0.355 e. The summed E-state index contributed by atoms with van der Waals surface area (Å²) < 4.78 is 0. The monoisotopic (exact) mass is 250 g/mol. The summed E-state index contributed by atoms with van der Waals surface area (Å²) in [4.78, 5) is 12.2. The molecular formula is C15H26N2O. The molecule has 0 aromatic rings. The molecule has 1 saturated heterocycles. The average molecular weight is 250 g/mol. The zero-order valence-corrected chi connectivity index (χ0v) is 11.6. The highest BCUT2D eigenvalue weighted by Crippen LogP contribution is 2.58. The SMILES string of the molecule is CCCC1(CNC(=O)C2CC23CCNCC3)CC1. The van der Waals surface area contributed by atoms with E-state index in [-0.39, 0.29) is 0 Å². The van der Waals surface area contributed by atoms with Crippen molar-refractivity contribution >= 4 is 5.91 Å². The van der Waals surface area contributed by atoms with Crippen LogP contribution in [0.1, 0.15) is 51.9 Å². The third-order valence-corrected chi connectivity index (χ3v) is 5.48. The number of hydrogen-bond acceptors (Lipinski definition) is 2. The molecule has 1 spiro atoms. The summed E-state index contributed by atoms with van der Waals surface area (Å²) in [6.45, 7) is 5.38. The van der Waals surface area contributed by atoms with Crippen LogP contribution < -0.4 is 10.6 Å². The maximum Gasteiger partial charge on any atom is 0.223 e. The molecule has 102 valence electrons. The summed E-state index contributed by atoms with van der Waals surface area (Å²) in [5, 5.41) is 6.64. The van der Waals surface area contributed by atoms with Gasteiger partial charge >= 0.3 is 0 Å². The van der Waals surface area contributed by atoms with Crippen LogP contribution in [0.2, 0.25) is 0 Å². The molecule has 1 atom stereocenters. The molecule has 0 aromatic carbocycles. The Morgan fingerprint density at radius 3 is 2.61 bits per heavy atom. The molecular weight excluding hydrogens is 224 g/mol. The summed E-state index contributed by atoms with van der Waals surface area (Å²) in [6, 6.07) is 0. The summed E-state index contributed by atoms with van der Waals surface area (Å²) >= 11 is 0. The van der Waals surface area contributed by atoms with Crippen molar-refractivity contribution in [3.8, 4) is 0 Å². The highest BCUT2D eigenvalue weighted by Gasteiger charge is 2.57. The van der Waals surface area contributed by atoms with Gasteiger partial charge in [-0.15, -0.1) is 0 Å². The number of nitrogens with one attached hydrogen (secondary N) is 2. The van der Waals surface area contributed by atoms with E-state index in [2.05, 4.69) is 17.6 Å². The molecule has 0 aromatic heterocycles. The van der Waals surface area contributed by atoms with E-state index in [0.29, 0.717) is 22.7 Å². The van der Waals surface area contributed by atoms with Crippen molar-refractivity contribution in [2.45, 2.75) is 51.9 Å². The zero-order valence-electron chi connectivity index (χ0n) is 11.6. The van der Waals surface area contributed by atoms with Gasteiger partial charge in [-0.3, -0.25) is 4.79 Å². The molecule has 3 aliphatic rings. The van der Waals surface area contributed by atoms with Crippen LogP contribution in [0.4, 0.5) is 0 Å². The van der Waals surface area contributed by atoms with E-state index in [9.17, 15) is 4.79 Å². The van der Waals surface area contributed by atoms with Gasteiger partial charge in [0.05, 0.1) is 0 Å². The van der Waals surface area contributed by atoms with Gasteiger partial charge in [0.2, 0.25) is 5.91 Å². The molecule has 3 rings (SSSR count). The van der Waals surface area contributed by atoms with E-state index in [0.717, 1.165) is 26.1 Å². The van der Waals surface area contributed by atoms with Gasteiger partial charge in [-0.2, -0.15) is 0 Å². The van der Waals surface area contributed by atoms with Gasteiger partial charge in [-0.25, -0.2) is 0 Å². The third kappa shape index (κ3) is 2.29. The number of rotatable bonds is 5. The lowest BCUT2D eigenvalue weighted by molar-refractivity contribution is -0.123. The summed E-state index contributed by atoms with van der Waals surface area (Å²) in [5.41, 5.74) is 0.872. The van der Waals surface area contributed by atoms with Crippen LogP contribution in [0.3, 0.4) is 0 Å². The van der Waals surface area contributed by atoms with Crippen molar-refractivity contribution < 1.29 is 4.79 Å². The molecule has 0 radical (unpaired) electrons. The summed E-state index contributed by atoms with van der Waals surface area (Å²) in [5.74, 6) is 0.677. The highest BCUT2D eigenvalue weighted by molar-refractivity contribution is 5.82. The smallest absolute Gasteiger partial charge is 0.223 e. The summed E-state index contributed by atoms with van der Waals surface area (Å²) in [6.07, 6.45) is 8.71. The van der Waals surface area contributed by atoms with Crippen molar-refractivity contribution in [1.82, 2.24) is 10.6 Å². The lowest BCUT2D eigenvalue weighted by atomic mass is 9.91. The van der Waals surface area contributed by atoms with E-state index < -0.39 is 0 Å². The van der Waals surface area contributed by atoms with E-state index in [1.807, 2.05) is 0 Å². The predicted octanol–water partition coefficient (Wildman–Crippen LogP) is 2.07. The van der Waals surface area contributed by atoms with Crippen molar-refractivity contribution in [3.05, 3.63) is 0 Å². The van der Waals surface area contributed by atoms with Crippen LogP contribution in [-0.2, 0) is 4.79 Å². The molecule has 18 heavy (non-hydrogen) atoms. The van der Waals surface area contributed by atoms with Crippen molar-refractivity contribution in [1.29, 1.82) is 0 Å². The second-order valence-electron chi connectivity index (χ2n) is 6.84. The molecule has 1 heterocycles. The second kappa shape index (κ2) is 4.52. The van der Waals surface area contributed by atoms with Gasteiger partial charge in [0.15, 0.2) is 0 Å². The summed E-state index contributed by atoms with van der Waals surface area (Å²) in [7, 11) is 0. The van der Waals surface area contributed by atoms with Gasteiger partial charge in [-0.1, -0.05) is 13.3 Å². The Bertz CT molecular complexity index is 329. The van der Waals surface area contributed by atoms with Crippen molar-refractivity contribution in [3.63, 3.8) is 0 Å². The predicted molar refractivity (Wildman–Crippen MR) is 72.2 cm³/mol. The lowest BCUT2D eigenvalue weighted by Gasteiger charge is -2.23. The molecule has 3 fully saturated rings. The number of piperidine rings is 1. The molecule has 0 bridgehead atoms. The van der Waals surface area contributed by atoms with Crippen LogP contribution in [0, 0.1) is 16.7 Å². The minimum absolute atomic E-state index is 0.331. The minimum Gasteiger partial charge on any atom is -0.355 e. The van der Waals surface area contributed by atoms with Gasteiger partial charge < -0.3 is 10.6 Å². The van der Waals surface area contributed by atoms with Gasteiger partial charge in [0.1, 0.15) is 0 Å². The Morgan fingerprint density at radius 2 is 2.00 bits per heavy atom. The van der Waals surface area contributed by atoms with Gasteiger partial charge in [0.25, 0.3) is 0 Å². The minimum atomic E-state index is 0.331. The maximum absolute atomic E-state index is 12.2. The topological polar surface area (TPSA) is 41.1 Å². The van der Waals surface area contributed by atoms with Crippen molar-refractivity contribution in [2.24, 2.45) is 16.7 Å². The quantitative estimate of drug-likeness (QED) is 0.784. The first-order valence-corrected chi connectivity index (χ1v) is 7.68. The fraction of sp³-hybridized carbons (Fsp3) is 0.933. The number of amides is 1. The molecule has 1 unspecified atom stereocenters. The van der Waals surface area contributed by atoms with Crippen LogP contribution in [0.5, 0.6) is 0 Å². The van der Waals surface area contributed by atoms with Crippen molar-refractivity contribution in [2.75, 3.05) is 19.6 Å². The first-order chi connectivity index (χ1) is 8.70. The van der Waals surface area contributed by atoms with E-state index in [4.69, 9.17) is 0 Å². The van der Waals surface area contributed by atoms with Gasteiger partial charge in [0, 0.05) is 12.5 Å². The fourth-order valence-electron chi connectivity index (χ4n) is 3.82. The standard InChI is InChI=1S/C15H26N2O/c1-2-3-14(4-5-14)11-17-13(18)12-10-15(12)6-8-16-9-7-15/h12,16H,2-11H2,1H3,(H,17,18). The molecule has 3 heteroatoms. The maximum atomic E-state index is 12.2. The third-order valence-electron chi connectivity index (χ3n) is 5.48. The number of hydrogen-bond donors (Lipinski definition) is 2. The number of carbonyl (C=O) groups is 1. The zero-order chi connectivity index (χ0) is 12.6. The Kier molecular flexibility index (Phi) is 3.13. The molecule has 2 saturated carbocycles. The molecule has 2 aliphatic carbocycles. The molecule has 1 amide bonds. The fourth-order valence-corrected chi connectivity index (χ4v) is 3.82. The van der Waals surface area contributed by atoms with Crippen LogP contribution in [0.25, 0.3) is 0 Å². The molecule has 3 nitrogen and oxygen atoms in total. The van der Waals surface area contributed by atoms with E-state index in [1.54, 1.807) is 0 Å². The number of carbonyl (C=O) groups excluding carboxylic acids is 1. The van der Waals surface area contributed by atoms with Crippen LogP contribution in [0.15, 0.2) is 0 Å². The molecule has 2 N–H and O–H groups in total. The second-order valence-corrected chi connectivity index (χ2v) is 6.84. The Balaban J connectivity index is 1.46. The first-order valence-electron chi connectivity index (χ1n) is 7.68. The van der Waals surface area contributed by atoms with E-state index >= 15 is 0 Å². The lowest BCUT2D eigenvalue weighted by Crippen LogP contribution is -2.35. The Labute approximate surface area is 110 Å². The Hall–Kier alpha value is -0.570.